The van der Waals surface area contributed by atoms with Crippen molar-refractivity contribution in [1.82, 2.24) is 29.1 Å². The van der Waals surface area contributed by atoms with E-state index in [-0.39, 0.29) is 29.3 Å². The van der Waals surface area contributed by atoms with Crippen LogP contribution < -0.4 is 5.56 Å². The minimum absolute atomic E-state index is 0.120. The van der Waals surface area contributed by atoms with Gasteiger partial charge >= 0.3 is 0 Å². The predicted molar refractivity (Wildman–Crippen MR) is 110 cm³/mol. The Morgan fingerprint density at radius 1 is 1.16 bits per heavy atom. The van der Waals surface area contributed by atoms with E-state index in [1.54, 1.807) is 34.9 Å². The normalized spacial score (nSPS) is 18.1. The second-order valence-corrected chi connectivity index (χ2v) is 7.91. The number of para-hydroxylation sites is 1. The van der Waals surface area contributed by atoms with E-state index in [4.69, 9.17) is 4.52 Å². The Labute approximate surface area is 175 Å². The van der Waals surface area contributed by atoms with Crippen molar-refractivity contribution in [3.8, 4) is 11.5 Å². The van der Waals surface area contributed by atoms with Crippen LogP contribution in [0, 0.1) is 11.7 Å². The summed E-state index contributed by atoms with van der Waals surface area (Å²) in [4.78, 5) is 26.7. The molecule has 8 nitrogen and oxygen atoms in total. The number of halogens is 1. The molecule has 1 saturated carbocycles. The van der Waals surface area contributed by atoms with Crippen LogP contribution in [0.25, 0.3) is 28.1 Å². The molecule has 0 amide bonds. The van der Waals surface area contributed by atoms with Gasteiger partial charge in [-0.2, -0.15) is 4.98 Å². The van der Waals surface area contributed by atoms with Crippen molar-refractivity contribution in [2.45, 2.75) is 25.8 Å². The largest absolute Gasteiger partial charge is 0.339 e. The van der Waals surface area contributed by atoms with Gasteiger partial charge in [-0.3, -0.25) is 18.7 Å². The number of pyridine rings is 1. The van der Waals surface area contributed by atoms with Gasteiger partial charge in [0, 0.05) is 12.1 Å². The van der Waals surface area contributed by atoms with Gasteiger partial charge in [-0.1, -0.05) is 24.2 Å². The van der Waals surface area contributed by atoms with Gasteiger partial charge in [0.05, 0.1) is 17.8 Å². The third kappa shape index (κ3) is 2.77. The summed E-state index contributed by atoms with van der Waals surface area (Å²) in [6, 6.07) is 10.1. The van der Waals surface area contributed by atoms with Gasteiger partial charge in [-0.15, -0.1) is 0 Å². The molecule has 4 heterocycles. The lowest BCUT2D eigenvalue weighted by molar-refractivity contribution is 0.376. The Bertz CT molecular complexity index is 1500. The molecule has 2 unspecified atom stereocenters. The molecule has 1 fully saturated rings. The van der Waals surface area contributed by atoms with Gasteiger partial charge in [0.1, 0.15) is 28.9 Å². The molecule has 0 bridgehead atoms. The zero-order valence-corrected chi connectivity index (χ0v) is 16.6. The second kappa shape index (κ2) is 6.56. The van der Waals surface area contributed by atoms with Gasteiger partial charge < -0.3 is 4.52 Å². The lowest BCUT2D eigenvalue weighted by atomic mass is 10.2. The zero-order valence-electron chi connectivity index (χ0n) is 16.6. The van der Waals surface area contributed by atoms with Crippen molar-refractivity contribution in [3.63, 3.8) is 0 Å². The summed E-state index contributed by atoms with van der Waals surface area (Å²) >= 11 is 0. The highest BCUT2D eigenvalue weighted by Gasteiger charge is 2.39. The highest BCUT2D eigenvalue weighted by atomic mass is 19.1. The molecule has 9 heteroatoms. The number of hydrogen-bond acceptors (Lipinski definition) is 6. The molecule has 4 aromatic heterocycles. The van der Waals surface area contributed by atoms with E-state index in [0.717, 1.165) is 6.42 Å². The summed E-state index contributed by atoms with van der Waals surface area (Å²) in [5.41, 5.74) is 1.53. The van der Waals surface area contributed by atoms with Crippen LogP contribution in [0.5, 0.6) is 0 Å². The number of nitrogens with zero attached hydrogens (tertiary/aromatic N) is 6. The fourth-order valence-electron chi connectivity index (χ4n) is 4.05. The van der Waals surface area contributed by atoms with Crippen LogP contribution in [-0.2, 0) is 6.54 Å². The van der Waals surface area contributed by atoms with Gasteiger partial charge in [0.25, 0.3) is 5.56 Å². The molecule has 5 aromatic rings. The minimum atomic E-state index is -0.493. The Morgan fingerprint density at radius 2 is 2.03 bits per heavy atom. The molecular weight excluding hydrogens is 399 g/mol. The summed E-state index contributed by atoms with van der Waals surface area (Å²) in [6.45, 7) is 2.24. The highest BCUT2D eigenvalue weighted by molar-refractivity contribution is 5.84. The first-order chi connectivity index (χ1) is 15.1. The first kappa shape index (κ1) is 17.9. The van der Waals surface area contributed by atoms with E-state index < -0.39 is 11.4 Å². The maximum atomic E-state index is 14.9. The van der Waals surface area contributed by atoms with Gasteiger partial charge in [0.15, 0.2) is 0 Å². The molecule has 1 aromatic carbocycles. The molecule has 1 aliphatic rings. The third-order valence-corrected chi connectivity index (χ3v) is 5.84. The van der Waals surface area contributed by atoms with E-state index in [0.29, 0.717) is 28.7 Å². The van der Waals surface area contributed by atoms with Gasteiger partial charge in [-0.05, 0) is 36.6 Å². The van der Waals surface area contributed by atoms with E-state index in [1.165, 1.54) is 17.0 Å². The zero-order chi connectivity index (χ0) is 21.1. The van der Waals surface area contributed by atoms with Crippen LogP contribution >= 0.6 is 0 Å². The van der Waals surface area contributed by atoms with Crippen molar-refractivity contribution < 1.29 is 8.91 Å². The van der Waals surface area contributed by atoms with Gasteiger partial charge in [0.2, 0.25) is 11.7 Å². The van der Waals surface area contributed by atoms with Crippen LogP contribution in [0.4, 0.5) is 4.39 Å². The summed E-state index contributed by atoms with van der Waals surface area (Å²) in [5, 5.41) is 4.06. The van der Waals surface area contributed by atoms with E-state index in [2.05, 4.69) is 27.0 Å². The highest BCUT2D eigenvalue weighted by Crippen LogP contribution is 2.46. The molecule has 0 N–H and O–H groups in total. The first-order valence-corrected chi connectivity index (χ1v) is 10.0. The fraction of sp³-hybridized carbons (Fsp3) is 0.227. The Balaban J connectivity index is 1.61. The molecule has 31 heavy (non-hydrogen) atoms. The third-order valence-electron chi connectivity index (χ3n) is 5.84. The quantitative estimate of drug-likeness (QED) is 0.446. The molecule has 0 radical (unpaired) electrons. The van der Waals surface area contributed by atoms with E-state index in [1.807, 2.05) is 6.07 Å². The Morgan fingerprint density at radius 3 is 2.81 bits per heavy atom. The first-order valence-electron chi connectivity index (χ1n) is 10.0. The SMILES string of the molecule is CC1CC1c1nc(-c2ncn3c2c(=O)n(Cc2ccccn2)c2c(F)cccc23)no1. The minimum Gasteiger partial charge on any atom is -0.339 e. The van der Waals surface area contributed by atoms with Crippen molar-refractivity contribution in [3.05, 3.63) is 76.7 Å². The number of aromatic nitrogens is 6. The van der Waals surface area contributed by atoms with E-state index in [9.17, 15) is 9.18 Å². The lowest BCUT2D eigenvalue weighted by Crippen LogP contribution is -2.24. The summed E-state index contributed by atoms with van der Waals surface area (Å²) in [7, 11) is 0. The van der Waals surface area contributed by atoms with Crippen LogP contribution in [0.15, 0.2) is 58.2 Å². The lowest BCUT2D eigenvalue weighted by Gasteiger charge is -2.13. The number of imidazole rings is 1. The standard InChI is InChI=1S/C22H17FN6O2/c1-12-9-14(12)21-26-20(27-31-21)17-19-22(30)28(10-13-5-2-3-8-24-13)18-15(23)6-4-7-16(18)29(19)11-25-17/h2-8,11-12,14H,9-10H2,1H3. The summed E-state index contributed by atoms with van der Waals surface area (Å²) < 4.78 is 23.3. The fourth-order valence-corrected chi connectivity index (χ4v) is 4.05. The van der Waals surface area contributed by atoms with Gasteiger partial charge in [-0.25, -0.2) is 9.37 Å². The summed E-state index contributed by atoms with van der Waals surface area (Å²) in [6.07, 6.45) is 4.14. The van der Waals surface area contributed by atoms with Crippen LogP contribution in [-0.4, -0.2) is 29.1 Å². The average Bonchev–Trinajstić information content (AvgIpc) is 3.17. The number of rotatable bonds is 4. The molecule has 0 saturated heterocycles. The topological polar surface area (TPSA) is 91.1 Å². The predicted octanol–water partition coefficient (Wildman–Crippen LogP) is 3.41. The molecule has 154 valence electrons. The smallest absolute Gasteiger partial charge is 0.278 e. The van der Waals surface area contributed by atoms with Crippen molar-refractivity contribution in [2.24, 2.45) is 5.92 Å². The van der Waals surface area contributed by atoms with Crippen LogP contribution in [0.1, 0.15) is 30.8 Å². The molecule has 6 rings (SSSR count). The van der Waals surface area contributed by atoms with Crippen molar-refractivity contribution in [2.75, 3.05) is 0 Å². The molecule has 2 atom stereocenters. The van der Waals surface area contributed by atoms with Crippen molar-refractivity contribution >= 4 is 16.6 Å². The number of benzene rings is 1. The maximum absolute atomic E-state index is 14.9. The monoisotopic (exact) mass is 416 g/mol. The van der Waals surface area contributed by atoms with Crippen LogP contribution in [0.3, 0.4) is 0 Å². The molecule has 0 spiro atoms. The van der Waals surface area contributed by atoms with Crippen LogP contribution in [0.2, 0.25) is 0 Å². The van der Waals surface area contributed by atoms with Crippen molar-refractivity contribution in [1.29, 1.82) is 0 Å². The number of fused-ring (bicyclic) bond motifs is 3. The molecular formula is C22H17FN6O2. The van der Waals surface area contributed by atoms with E-state index >= 15 is 0 Å². The summed E-state index contributed by atoms with van der Waals surface area (Å²) in [5.74, 6) is 1.09. The molecule has 1 aliphatic carbocycles. The Kier molecular flexibility index (Phi) is 3.80. The molecule has 0 aliphatic heterocycles. The second-order valence-electron chi connectivity index (χ2n) is 7.91. The Hall–Kier alpha value is -3.88. The number of hydrogen-bond donors (Lipinski definition) is 0. The maximum Gasteiger partial charge on any atom is 0.278 e. The average molecular weight is 416 g/mol.